The summed E-state index contributed by atoms with van der Waals surface area (Å²) in [5.41, 5.74) is -0.225. The van der Waals surface area contributed by atoms with Gasteiger partial charge in [-0.15, -0.1) is 0 Å². The minimum absolute atomic E-state index is 0.0276. The van der Waals surface area contributed by atoms with E-state index in [-0.39, 0.29) is 17.5 Å². The van der Waals surface area contributed by atoms with E-state index in [0.717, 1.165) is 0 Å². The number of aliphatic carboxylic acids is 1. The highest BCUT2D eigenvalue weighted by Gasteiger charge is 2.19. The molecule has 0 aliphatic carbocycles. The van der Waals surface area contributed by atoms with Gasteiger partial charge in [-0.25, -0.2) is 0 Å². The number of rotatable bonds is 6. The van der Waals surface area contributed by atoms with Crippen molar-refractivity contribution in [3.05, 3.63) is 0 Å². The molecule has 0 aromatic carbocycles. The van der Waals surface area contributed by atoms with Crippen molar-refractivity contribution in [1.82, 2.24) is 10.6 Å². The van der Waals surface area contributed by atoms with Crippen molar-refractivity contribution in [3.63, 3.8) is 0 Å². The third kappa shape index (κ3) is 7.74. The number of hydrogen-bond acceptors (Lipinski definition) is 3. The first-order chi connectivity index (χ1) is 7.63. The van der Waals surface area contributed by atoms with E-state index in [1.807, 2.05) is 20.8 Å². The number of nitrogens with one attached hydrogen (secondary N) is 2. The Morgan fingerprint density at radius 3 is 2.18 bits per heavy atom. The molecule has 17 heavy (non-hydrogen) atoms. The zero-order valence-corrected chi connectivity index (χ0v) is 11.3. The molecule has 0 saturated heterocycles. The Balaban J connectivity index is 3.85. The molecule has 0 aromatic heterocycles. The van der Waals surface area contributed by atoms with Gasteiger partial charge in [-0.2, -0.15) is 0 Å². The summed E-state index contributed by atoms with van der Waals surface area (Å²) in [4.78, 5) is 22.2. The van der Waals surface area contributed by atoms with Gasteiger partial charge in [0.2, 0.25) is 5.91 Å². The fourth-order valence-corrected chi connectivity index (χ4v) is 1.28. The van der Waals surface area contributed by atoms with Crippen LogP contribution in [0.5, 0.6) is 0 Å². The molecule has 0 radical (unpaired) electrons. The van der Waals surface area contributed by atoms with Gasteiger partial charge in [0.1, 0.15) is 0 Å². The highest BCUT2D eigenvalue weighted by Crippen LogP contribution is 2.02. The first-order valence-corrected chi connectivity index (χ1v) is 5.90. The minimum Gasteiger partial charge on any atom is -0.481 e. The number of carboxylic acids is 1. The van der Waals surface area contributed by atoms with Crippen LogP contribution in [0, 0.1) is 5.92 Å². The Kier molecular flexibility index (Phi) is 6.16. The average molecular weight is 244 g/mol. The van der Waals surface area contributed by atoms with Crippen molar-refractivity contribution in [1.29, 1.82) is 0 Å². The number of carbonyl (C=O) groups excluding carboxylic acids is 1. The van der Waals surface area contributed by atoms with Crippen LogP contribution in [0.1, 0.15) is 41.0 Å². The second kappa shape index (κ2) is 6.59. The fraction of sp³-hybridized carbons (Fsp3) is 0.833. The lowest BCUT2D eigenvalue weighted by Gasteiger charge is -2.21. The number of amides is 1. The summed E-state index contributed by atoms with van der Waals surface area (Å²) in [7, 11) is 0. The molecule has 5 heteroatoms. The van der Waals surface area contributed by atoms with Crippen LogP contribution >= 0.6 is 0 Å². The second-order valence-electron chi connectivity index (χ2n) is 5.42. The summed E-state index contributed by atoms with van der Waals surface area (Å²) in [6, 6.07) is -0.144. The van der Waals surface area contributed by atoms with Gasteiger partial charge in [0.05, 0.1) is 5.92 Å². The maximum absolute atomic E-state index is 11.5. The standard InChI is InChI=1S/C12H24N2O3/c1-8(11(16)17)9(2)13-7-6-10(15)14-12(3,4)5/h8-9,13H,6-7H2,1-5H3,(H,14,15)(H,16,17). The Bertz CT molecular complexity index is 271. The lowest BCUT2D eigenvalue weighted by atomic mass is 10.0. The van der Waals surface area contributed by atoms with Crippen molar-refractivity contribution in [3.8, 4) is 0 Å². The first kappa shape index (κ1) is 15.9. The maximum Gasteiger partial charge on any atom is 0.307 e. The summed E-state index contributed by atoms with van der Waals surface area (Å²) in [5, 5.41) is 14.7. The molecule has 0 saturated carbocycles. The number of carboxylic acid groups (broad SMARTS) is 1. The van der Waals surface area contributed by atoms with E-state index < -0.39 is 11.9 Å². The quantitative estimate of drug-likeness (QED) is 0.651. The van der Waals surface area contributed by atoms with Crippen molar-refractivity contribution >= 4 is 11.9 Å². The zero-order chi connectivity index (χ0) is 13.6. The summed E-state index contributed by atoms with van der Waals surface area (Å²) >= 11 is 0. The van der Waals surface area contributed by atoms with Crippen molar-refractivity contribution in [2.24, 2.45) is 5.92 Å². The van der Waals surface area contributed by atoms with Gasteiger partial charge in [-0.1, -0.05) is 6.92 Å². The highest BCUT2D eigenvalue weighted by molar-refractivity contribution is 5.76. The smallest absolute Gasteiger partial charge is 0.307 e. The van der Waals surface area contributed by atoms with Gasteiger partial charge >= 0.3 is 5.97 Å². The average Bonchev–Trinajstić information content (AvgIpc) is 2.13. The third-order valence-corrected chi connectivity index (χ3v) is 2.47. The van der Waals surface area contributed by atoms with Crippen molar-refractivity contribution in [2.75, 3.05) is 6.54 Å². The normalized spacial score (nSPS) is 15.1. The lowest BCUT2D eigenvalue weighted by Crippen LogP contribution is -2.43. The summed E-state index contributed by atoms with van der Waals surface area (Å²) in [5.74, 6) is -1.31. The number of carbonyl (C=O) groups is 2. The van der Waals surface area contributed by atoms with Gasteiger partial charge < -0.3 is 15.7 Å². The van der Waals surface area contributed by atoms with Crippen LogP contribution in [-0.2, 0) is 9.59 Å². The molecule has 2 atom stereocenters. The highest BCUT2D eigenvalue weighted by atomic mass is 16.4. The molecule has 1 amide bonds. The third-order valence-electron chi connectivity index (χ3n) is 2.47. The van der Waals surface area contributed by atoms with Gasteiger partial charge in [0.15, 0.2) is 0 Å². The van der Waals surface area contributed by atoms with E-state index in [0.29, 0.717) is 13.0 Å². The van der Waals surface area contributed by atoms with Gasteiger partial charge in [0, 0.05) is 24.5 Å². The number of hydrogen-bond donors (Lipinski definition) is 3. The fourth-order valence-electron chi connectivity index (χ4n) is 1.28. The molecule has 0 aromatic rings. The molecule has 0 spiro atoms. The molecule has 3 N–H and O–H groups in total. The SMILES string of the molecule is CC(NCCC(=O)NC(C)(C)C)C(C)C(=O)O. The van der Waals surface area contributed by atoms with Crippen LogP contribution in [0.15, 0.2) is 0 Å². The largest absolute Gasteiger partial charge is 0.481 e. The summed E-state index contributed by atoms with van der Waals surface area (Å²) in [6.07, 6.45) is 0.355. The Labute approximate surface area is 103 Å². The van der Waals surface area contributed by atoms with Crippen LogP contribution in [0.4, 0.5) is 0 Å². The van der Waals surface area contributed by atoms with E-state index in [1.54, 1.807) is 13.8 Å². The molecule has 0 aliphatic heterocycles. The molecule has 0 fully saturated rings. The van der Waals surface area contributed by atoms with Crippen LogP contribution in [0.2, 0.25) is 0 Å². The van der Waals surface area contributed by atoms with E-state index in [4.69, 9.17) is 5.11 Å². The van der Waals surface area contributed by atoms with Crippen LogP contribution in [0.25, 0.3) is 0 Å². The van der Waals surface area contributed by atoms with Crippen LogP contribution < -0.4 is 10.6 Å². The van der Waals surface area contributed by atoms with Crippen LogP contribution in [0.3, 0.4) is 0 Å². The maximum atomic E-state index is 11.5. The molecular formula is C12H24N2O3. The topological polar surface area (TPSA) is 78.4 Å². The first-order valence-electron chi connectivity index (χ1n) is 5.90. The molecular weight excluding hydrogens is 220 g/mol. The van der Waals surface area contributed by atoms with Crippen molar-refractivity contribution in [2.45, 2.75) is 52.6 Å². The Morgan fingerprint density at radius 2 is 1.76 bits per heavy atom. The zero-order valence-electron chi connectivity index (χ0n) is 11.3. The van der Waals surface area contributed by atoms with Crippen LogP contribution in [-0.4, -0.2) is 35.1 Å². The summed E-state index contributed by atoms with van der Waals surface area (Å²) in [6.45, 7) is 9.71. The van der Waals surface area contributed by atoms with Gasteiger partial charge in [-0.05, 0) is 27.7 Å². The minimum atomic E-state index is -0.829. The lowest BCUT2D eigenvalue weighted by molar-refractivity contribution is -0.141. The molecule has 0 rings (SSSR count). The van der Waals surface area contributed by atoms with Crippen molar-refractivity contribution < 1.29 is 14.7 Å². The predicted octanol–water partition coefficient (Wildman–Crippen LogP) is 0.990. The predicted molar refractivity (Wildman–Crippen MR) is 66.8 cm³/mol. The molecule has 100 valence electrons. The molecule has 0 bridgehead atoms. The second-order valence-corrected chi connectivity index (χ2v) is 5.42. The molecule has 5 nitrogen and oxygen atoms in total. The summed E-state index contributed by atoms with van der Waals surface area (Å²) < 4.78 is 0. The molecule has 2 unspecified atom stereocenters. The van der Waals surface area contributed by atoms with E-state index >= 15 is 0 Å². The molecule has 0 heterocycles. The Hall–Kier alpha value is -1.10. The monoisotopic (exact) mass is 244 g/mol. The van der Waals surface area contributed by atoms with Gasteiger partial charge in [0.25, 0.3) is 0 Å². The van der Waals surface area contributed by atoms with E-state index in [1.165, 1.54) is 0 Å². The van der Waals surface area contributed by atoms with E-state index in [2.05, 4.69) is 10.6 Å². The Morgan fingerprint density at radius 1 is 1.24 bits per heavy atom. The molecule has 0 aliphatic rings. The van der Waals surface area contributed by atoms with Gasteiger partial charge in [-0.3, -0.25) is 9.59 Å². The van der Waals surface area contributed by atoms with E-state index in [9.17, 15) is 9.59 Å².